The van der Waals surface area contributed by atoms with Crippen molar-refractivity contribution in [2.24, 2.45) is 18.9 Å². The summed E-state index contributed by atoms with van der Waals surface area (Å²) in [6.07, 6.45) is 7.42. The molecule has 0 unspecified atom stereocenters. The molecule has 2 atom stereocenters. The minimum absolute atomic E-state index is 0.0155. The van der Waals surface area contributed by atoms with Crippen LogP contribution in [0.25, 0.3) is 0 Å². The van der Waals surface area contributed by atoms with Gasteiger partial charge in [-0.3, -0.25) is 14.8 Å². The van der Waals surface area contributed by atoms with Gasteiger partial charge in [-0.05, 0) is 35.6 Å². The molecule has 1 aliphatic heterocycles. The van der Waals surface area contributed by atoms with Gasteiger partial charge in [0.1, 0.15) is 0 Å². The van der Waals surface area contributed by atoms with Gasteiger partial charge in [0.15, 0.2) is 5.82 Å². The van der Waals surface area contributed by atoms with Crippen LogP contribution in [0.1, 0.15) is 56.8 Å². The quantitative estimate of drug-likeness (QED) is 0.445. The molecule has 25 heavy (non-hydrogen) atoms. The average Bonchev–Trinajstić information content (AvgIpc) is 3.34. The van der Waals surface area contributed by atoms with E-state index in [1.807, 2.05) is 4.90 Å². The van der Waals surface area contributed by atoms with E-state index in [0.717, 1.165) is 25.7 Å². The van der Waals surface area contributed by atoms with Crippen LogP contribution in [0, 0.1) is 11.8 Å². The fraction of sp³-hybridized carbons (Fsp3) is 0.812. The Morgan fingerprint density at radius 3 is 2.76 bits per heavy atom. The molecular formula is C16H26N6O3. The maximum absolute atomic E-state index is 13.2. The van der Waals surface area contributed by atoms with E-state index in [1.165, 1.54) is 12.8 Å². The van der Waals surface area contributed by atoms with Crippen molar-refractivity contribution in [2.75, 3.05) is 13.1 Å². The topological polar surface area (TPSA) is 104 Å². The number of tetrazole rings is 1. The Morgan fingerprint density at radius 1 is 1.36 bits per heavy atom. The van der Waals surface area contributed by atoms with E-state index in [0.29, 0.717) is 36.2 Å². The van der Waals surface area contributed by atoms with Gasteiger partial charge in [-0.1, -0.05) is 25.7 Å². The summed E-state index contributed by atoms with van der Waals surface area (Å²) in [5, 5.41) is 21.8. The van der Waals surface area contributed by atoms with E-state index < -0.39 is 0 Å². The van der Waals surface area contributed by atoms with Crippen LogP contribution in [0.2, 0.25) is 0 Å². The van der Waals surface area contributed by atoms with Gasteiger partial charge in [-0.2, -0.15) is 0 Å². The molecule has 1 saturated heterocycles. The van der Waals surface area contributed by atoms with Crippen molar-refractivity contribution in [3.05, 3.63) is 5.82 Å². The van der Waals surface area contributed by atoms with E-state index in [4.69, 9.17) is 0 Å². The number of aryl methyl sites for hydroxylation is 1. The zero-order valence-corrected chi connectivity index (χ0v) is 14.6. The lowest BCUT2D eigenvalue weighted by atomic mass is 9.91. The van der Waals surface area contributed by atoms with Crippen molar-refractivity contribution in [3.63, 3.8) is 0 Å². The zero-order valence-electron chi connectivity index (χ0n) is 14.6. The van der Waals surface area contributed by atoms with E-state index in [2.05, 4.69) is 15.5 Å². The number of hydrogen-bond acceptors (Lipinski definition) is 6. The van der Waals surface area contributed by atoms with Crippen LogP contribution >= 0.6 is 0 Å². The van der Waals surface area contributed by atoms with Crippen molar-refractivity contribution >= 4 is 12.3 Å². The van der Waals surface area contributed by atoms with Gasteiger partial charge in [-0.15, -0.1) is 5.10 Å². The summed E-state index contributed by atoms with van der Waals surface area (Å²) in [4.78, 5) is 25.9. The van der Waals surface area contributed by atoms with Crippen molar-refractivity contribution < 1.29 is 14.8 Å². The molecule has 1 N–H and O–H groups in total. The number of amides is 2. The lowest BCUT2D eigenvalue weighted by Gasteiger charge is -2.30. The second-order valence-corrected chi connectivity index (χ2v) is 7.16. The van der Waals surface area contributed by atoms with Gasteiger partial charge >= 0.3 is 0 Å². The Morgan fingerprint density at radius 2 is 2.12 bits per heavy atom. The first kappa shape index (κ1) is 17.8. The highest BCUT2D eigenvalue weighted by Crippen LogP contribution is 2.35. The first-order chi connectivity index (χ1) is 12.1. The normalized spacial score (nSPS) is 22.3. The summed E-state index contributed by atoms with van der Waals surface area (Å²) in [5.41, 5.74) is 0. The second-order valence-electron chi connectivity index (χ2n) is 7.16. The molecule has 0 spiro atoms. The van der Waals surface area contributed by atoms with Crippen LogP contribution in [0.4, 0.5) is 0 Å². The molecule has 0 aromatic carbocycles. The summed E-state index contributed by atoms with van der Waals surface area (Å²) in [6, 6.07) is -0.137. The molecule has 0 radical (unpaired) electrons. The first-order valence-corrected chi connectivity index (χ1v) is 9.03. The van der Waals surface area contributed by atoms with Crippen molar-refractivity contribution in [1.29, 1.82) is 0 Å². The van der Waals surface area contributed by atoms with Crippen LogP contribution in [0.5, 0.6) is 0 Å². The number of carbonyl (C=O) groups is 2. The molecule has 2 heterocycles. The maximum Gasteiger partial charge on any atom is 0.233 e. The predicted molar refractivity (Wildman–Crippen MR) is 87.1 cm³/mol. The fourth-order valence-corrected chi connectivity index (χ4v) is 4.22. The highest BCUT2D eigenvalue weighted by Gasteiger charge is 2.38. The van der Waals surface area contributed by atoms with Gasteiger partial charge in [-0.25, -0.2) is 9.75 Å². The molecular weight excluding hydrogens is 324 g/mol. The SMILES string of the molecule is Cn1nnnc1[C@@H]1CCCN1C(=O)[C@@H](CC1CCCC1)CN(O)C=O. The zero-order chi connectivity index (χ0) is 17.8. The smallest absolute Gasteiger partial charge is 0.233 e. The molecule has 0 bridgehead atoms. The van der Waals surface area contributed by atoms with E-state index in [9.17, 15) is 14.8 Å². The molecule has 2 aliphatic rings. The highest BCUT2D eigenvalue weighted by atomic mass is 16.5. The summed E-state index contributed by atoms with van der Waals surface area (Å²) < 4.78 is 1.60. The molecule has 1 aromatic heterocycles. The Kier molecular flexibility index (Phi) is 5.62. The van der Waals surface area contributed by atoms with E-state index >= 15 is 0 Å². The van der Waals surface area contributed by atoms with Crippen molar-refractivity contribution in [1.82, 2.24) is 30.2 Å². The number of hydrogen-bond donors (Lipinski definition) is 1. The molecule has 2 amide bonds. The number of carbonyl (C=O) groups excluding carboxylic acids is 2. The lowest BCUT2D eigenvalue weighted by molar-refractivity contribution is -0.157. The van der Waals surface area contributed by atoms with Crippen LogP contribution in [-0.4, -0.2) is 60.8 Å². The van der Waals surface area contributed by atoms with Crippen LogP contribution in [-0.2, 0) is 16.6 Å². The summed E-state index contributed by atoms with van der Waals surface area (Å²) in [6.45, 7) is 0.698. The van der Waals surface area contributed by atoms with Crippen molar-refractivity contribution in [3.8, 4) is 0 Å². The van der Waals surface area contributed by atoms with Gasteiger partial charge in [0.25, 0.3) is 0 Å². The number of rotatable bonds is 7. The largest absolute Gasteiger partial charge is 0.332 e. The average molecular weight is 350 g/mol. The van der Waals surface area contributed by atoms with Crippen LogP contribution < -0.4 is 0 Å². The third-order valence-corrected chi connectivity index (χ3v) is 5.46. The first-order valence-electron chi connectivity index (χ1n) is 9.03. The molecule has 3 rings (SSSR count). The van der Waals surface area contributed by atoms with Gasteiger partial charge < -0.3 is 4.90 Å². The Hall–Kier alpha value is -2.03. The number of nitrogens with zero attached hydrogens (tertiary/aromatic N) is 6. The molecule has 1 saturated carbocycles. The number of likely N-dealkylation sites (tertiary alicyclic amines) is 1. The van der Waals surface area contributed by atoms with Gasteiger partial charge in [0.2, 0.25) is 12.3 Å². The third kappa shape index (κ3) is 3.97. The van der Waals surface area contributed by atoms with E-state index in [-0.39, 0.29) is 24.4 Å². The molecule has 138 valence electrons. The van der Waals surface area contributed by atoms with E-state index in [1.54, 1.807) is 11.7 Å². The van der Waals surface area contributed by atoms with Crippen LogP contribution in [0.15, 0.2) is 0 Å². The fourth-order valence-electron chi connectivity index (χ4n) is 4.22. The summed E-state index contributed by atoms with van der Waals surface area (Å²) in [7, 11) is 1.77. The van der Waals surface area contributed by atoms with Gasteiger partial charge in [0, 0.05) is 13.6 Å². The summed E-state index contributed by atoms with van der Waals surface area (Å²) in [5.74, 6) is 0.770. The Bertz CT molecular complexity index is 600. The maximum atomic E-state index is 13.2. The third-order valence-electron chi connectivity index (χ3n) is 5.46. The Labute approximate surface area is 146 Å². The monoisotopic (exact) mass is 350 g/mol. The molecule has 9 nitrogen and oxygen atoms in total. The molecule has 1 aromatic rings. The molecule has 2 fully saturated rings. The predicted octanol–water partition coefficient (Wildman–Crippen LogP) is 0.918. The summed E-state index contributed by atoms with van der Waals surface area (Å²) >= 11 is 0. The minimum Gasteiger partial charge on any atom is -0.332 e. The highest BCUT2D eigenvalue weighted by molar-refractivity contribution is 5.80. The Balaban J connectivity index is 1.75. The molecule has 1 aliphatic carbocycles. The standard InChI is InChI=1S/C16H26N6O3/c1-20-15(17-18-19-20)14-7-4-8-22(14)16(24)13(10-21(25)11-23)9-12-5-2-3-6-12/h11-14,25H,2-10H2,1H3/t13-,14-/m0/s1. The minimum atomic E-state index is -0.389. The van der Waals surface area contributed by atoms with Crippen molar-refractivity contribution in [2.45, 2.75) is 51.0 Å². The second kappa shape index (κ2) is 7.90. The molecule has 9 heteroatoms. The number of hydroxylamine groups is 2. The number of aromatic nitrogens is 4. The lowest BCUT2D eigenvalue weighted by Crippen LogP contribution is -2.41. The van der Waals surface area contributed by atoms with Gasteiger partial charge in [0.05, 0.1) is 18.5 Å². The van der Waals surface area contributed by atoms with Crippen LogP contribution in [0.3, 0.4) is 0 Å².